The molecule has 3 aromatic rings. The zero-order valence-corrected chi connectivity index (χ0v) is 15.6. The second-order valence-electron chi connectivity index (χ2n) is 6.70. The van der Waals surface area contributed by atoms with Crippen LogP contribution in [-0.4, -0.2) is 29.1 Å². The number of aryl methyl sites for hydroxylation is 2. The van der Waals surface area contributed by atoms with Crippen LogP contribution in [0.3, 0.4) is 0 Å². The molecule has 0 radical (unpaired) electrons. The zero-order chi connectivity index (χ0) is 19.0. The first-order chi connectivity index (χ1) is 13.0. The van der Waals surface area contributed by atoms with Gasteiger partial charge in [0.2, 0.25) is 0 Å². The van der Waals surface area contributed by atoms with Crippen LogP contribution < -0.4 is 14.8 Å². The number of hydrogen-bond donors (Lipinski definition) is 1. The van der Waals surface area contributed by atoms with Gasteiger partial charge in [-0.15, -0.1) is 0 Å². The summed E-state index contributed by atoms with van der Waals surface area (Å²) in [5.41, 5.74) is 4.79. The second kappa shape index (κ2) is 6.87. The first-order valence-corrected chi connectivity index (χ1v) is 8.96. The molecule has 27 heavy (non-hydrogen) atoms. The van der Waals surface area contributed by atoms with Gasteiger partial charge in [0, 0.05) is 5.56 Å². The number of carbonyl (C=O) groups excluding carboxylic acids is 1. The molecule has 1 amide bonds. The first-order valence-electron chi connectivity index (χ1n) is 8.96. The van der Waals surface area contributed by atoms with E-state index in [1.165, 1.54) is 0 Å². The summed E-state index contributed by atoms with van der Waals surface area (Å²) < 4.78 is 11.2. The second-order valence-corrected chi connectivity index (χ2v) is 6.70. The lowest BCUT2D eigenvalue weighted by atomic mass is 10.1. The van der Waals surface area contributed by atoms with Gasteiger partial charge in [-0.05, 0) is 56.7 Å². The van der Waals surface area contributed by atoms with E-state index in [9.17, 15) is 4.79 Å². The van der Waals surface area contributed by atoms with Crippen LogP contribution in [0.4, 0.5) is 0 Å². The van der Waals surface area contributed by atoms with Gasteiger partial charge in [0.25, 0.3) is 5.91 Å². The third-order valence-electron chi connectivity index (χ3n) is 4.75. The topological polar surface area (TPSA) is 73.3 Å². The van der Waals surface area contributed by atoms with E-state index in [2.05, 4.69) is 15.3 Å². The third kappa shape index (κ3) is 3.43. The number of carbonyl (C=O) groups is 1. The summed E-state index contributed by atoms with van der Waals surface area (Å²) in [6.07, 6.45) is 0. The zero-order valence-electron chi connectivity index (χ0n) is 15.6. The summed E-state index contributed by atoms with van der Waals surface area (Å²) in [7, 11) is 0. The largest absolute Gasteiger partial charge is 0.486 e. The molecule has 6 nitrogen and oxygen atoms in total. The molecule has 4 rings (SSSR count). The Bertz CT molecular complexity index is 1030. The molecule has 1 aliphatic rings. The predicted octanol–water partition coefficient (Wildman–Crippen LogP) is 3.51. The first kappa shape index (κ1) is 17.3. The number of amides is 1. The van der Waals surface area contributed by atoms with Crippen molar-refractivity contribution in [2.75, 3.05) is 13.2 Å². The third-order valence-corrected chi connectivity index (χ3v) is 4.75. The fraction of sp³-hybridized carbons (Fsp3) is 0.286. The van der Waals surface area contributed by atoms with Gasteiger partial charge in [0.1, 0.15) is 13.2 Å². The molecule has 0 fully saturated rings. The molecule has 1 N–H and O–H groups in total. The van der Waals surface area contributed by atoms with E-state index in [0.29, 0.717) is 24.5 Å². The van der Waals surface area contributed by atoms with Crippen LogP contribution in [0.5, 0.6) is 11.5 Å². The van der Waals surface area contributed by atoms with Crippen molar-refractivity contribution in [3.05, 3.63) is 58.9 Å². The summed E-state index contributed by atoms with van der Waals surface area (Å²) in [5, 5.41) is 3.03. The number of nitrogens with one attached hydrogen (secondary N) is 1. The molecule has 0 aliphatic carbocycles. The SMILES string of the molecule is Cc1nc2ccc(C(=O)NC(C)c3ccc4c(c3)OCCO4)cc2nc1C. The molecule has 1 aliphatic heterocycles. The Morgan fingerprint density at radius 1 is 0.963 bits per heavy atom. The Kier molecular flexibility index (Phi) is 4.39. The number of rotatable bonds is 3. The highest BCUT2D eigenvalue weighted by atomic mass is 16.6. The molecular weight excluding hydrogens is 342 g/mol. The molecule has 138 valence electrons. The minimum Gasteiger partial charge on any atom is -0.486 e. The average molecular weight is 363 g/mol. The summed E-state index contributed by atoms with van der Waals surface area (Å²) in [4.78, 5) is 21.7. The monoisotopic (exact) mass is 363 g/mol. The van der Waals surface area contributed by atoms with Gasteiger partial charge in [0.15, 0.2) is 11.5 Å². The molecule has 0 bridgehead atoms. The van der Waals surface area contributed by atoms with Gasteiger partial charge in [-0.1, -0.05) is 6.07 Å². The van der Waals surface area contributed by atoms with Gasteiger partial charge in [0.05, 0.1) is 28.5 Å². The van der Waals surface area contributed by atoms with Gasteiger partial charge in [-0.3, -0.25) is 4.79 Å². The molecule has 1 unspecified atom stereocenters. The van der Waals surface area contributed by atoms with Crippen molar-refractivity contribution in [1.82, 2.24) is 15.3 Å². The standard InChI is InChI=1S/C21H21N3O3/c1-12-13(2)23-18-10-16(4-6-17(18)22-12)21(25)24-14(3)15-5-7-19-20(11-15)27-9-8-26-19/h4-7,10-11,14H,8-9H2,1-3H3,(H,24,25). The molecule has 0 saturated carbocycles. The minimum absolute atomic E-state index is 0.153. The summed E-state index contributed by atoms with van der Waals surface area (Å²) in [6.45, 7) is 6.88. The highest BCUT2D eigenvalue weighted by molar-refractivity contribution is 5.97. The lowest BCUT2D eigenvalue weighted by Gasteiger charge is -2.21. The molecule has 1 atom stereocenters. The van der Waals surface area contributed by atoms with Crippen molar-refractivity contribution in [3.8, 4) is 11.5 Å². The number of nitrogens with zero attached hydrogens (tertiary/aromatic N) is 2. The number of ether oxygens (including phenoxy) is 2. The van der Waals surface area contributed by atoms with Crippen LogP contribution in [0.25, 0.3) is 11.0 Å². The van der Waals surface area contributed by atoms with Crippen molar-refractivity contribution in [2.45, 2.75) is 26.8 Å². The van der Waals surface area contributed by atoms with E-state index >= 15 is 0 Å². The van der Waals surface area contributed by atoms with Gasteiger partial charge < -0.3 is 14.8 Å². The van der Waals surface area contributed by atoms with Crippen LogP contribution in [0.2, 0.25) is 0 Å². The van der Waals surface area contributed by atoms with E-state index in [4.69, 9.17) is 9.47 Å². The van der Waals surface area contributed by atoms with Crippen LogP contribution in [0.1, 0.15) is 40.3 Å². The number of fused-ring (bicyclic) bond motifs is 2. The van der Waals surface area contributed by atoms with Crippen LogP contribution in [0.15, 0.2) is 36.4 Å². The molecule has 1 aromatic heterocycles. The number of hydrogen-bond acceptors (Lipinski definition) is 5. The van der Waals surface area contributed by atoms with Crippen LogP contribution in [-0.2, 0) is 0 Å². The normalized spacial score (nSPS) is 14.0. The predicted molar refractivity (Wildman–Crippen MR) is 102 cm³/mol. The van der Waals surface area contributed by atoms with Gasteiger partial charge in [-0.25, -0.2) is 9.97 Å². The fourth-order valence-electron chi connectivity index (χ4n) is 3.06. The van der Waals surface area contributed by atoms with E-state index in [1.54, 1.807) is 12.1 Å². The lowest BCUT2D eigenvalue weighted by Crippen LogP contribution is -2.27. The highest BCUT2D eigenvalue weighted by Crippen LogP contribution is 2.32. The van der Waals surface area contributed by atoms with E-state index in [0.717, 1.165) is 33.7 Å². The quantitative estimate of drug-likeness (QED) is 0.771. The molecule has 2 aromatic carbocycles. The Labute approximate surface area is 157 Å². The van der Waals surface area contributed by atoms with Crippen molar-refractivity contribution >= 4 is 16.9 Å². The van der Waals surface area contributed by atoms with E-state index in [-0.39, 0.29) is 11.9 Å². The number of benzene rings is 2. The summed E-state index contributed by atoms with van der Waals surface area (Å²) in [6, 6.07) is 10.9. The Hall–Kier alpha value is -3.15. The van der Waals surface area contributed by atoms with E-state index < -0.39 is 0 Å². The Morgan fingerprint density at radius 3 is 2.44 bits per heavy atom. The summed E-state index contributed by atoms with van der Waals surface area (Å²) in [5.74, 6) is 1.30. The highest BCUT2D eigenvalue weighted by Gasteiger charge is 2.17. The molecule has 0 saturated heterocycles. The van der Waals surface area contributed by atoms with Crippen LogP contribution in [0, 0.1) is 13.8 Å². The van der Waals surface area contributed by atoms with Gasteiger partial charge >= 0.3 is 0 Å². The van der Waals surface area contributed by atoms with Crippen LogP contribution >= 0.6 is 0 Å². The fourth-order valence-corrected chi connectivity index (χ4v) is 3.06. The number of aromatic nitrogens is 2. The maximum absolute atomic E-state index is 12.7. The maximum Gasteiger partial charge on any atom is 0.251 e. The maximum atomic E-state index is 12.7. The summed E-state index contributed by atoms with van der Waals surface area (Å²) >= 11 is 0. The molecule has 2 heterocycles. The van der Waals surface area contributed by atoms with Crippen molar-refractivity contribution in [2.24, 2.45) is 0 Å². The Balaban J connectivity index is 1.54. The van der Waals surface area contributed by atoms with E-state index in [1.807, 2.05) is 45.0 Å². The smallest absolute Gasteiger partial charge is 0.251 e. The lowest BCUT2D eigenvalue weighted by molar-refractivity contribution is 0.0940. The van der Waals surface area contributed by atoms with Crippen molar-refractivity contribution in [1.29, 1.82) is 0 Å². The van der Waals surface area contributed by atoms with Gasteiger partial charge in [-0.2, -0.15) is 0 Å². The molecule has 6 heteroatoms. The minimum atomic E-state index is -0.171. The van der Waals surface area contributed by atoms with Crippen molar-refractivity contribution in [3.63, 3.8) is 0 Å². The molecule has 0 spiro atoms. The van der Waals surface area contributed by atoms with Crippen molar-refractivity contribution < 1.29 is 14.3 Å². The molecular formula is C21H21N3O3. The average Bonchev–Trinajstić information content (AvgIpc) is 2.68. The Morgan fingerprint density at radius 2 is 1.67 bits per heavy atom.